The topological polar surface area (TPSA) is 69.7 Å². The van der Waals surface area contributed by atoms with Crippen molar-refractivity contribution in [1.29, 1.82) is 0 Å². The summed E-state index contributed by atoms with van der Waals surface area (Å²) < 4.78 is 0. The Morgan fingerprint density at radius 3 is 2.66 bits per heavy atom. The molecule has 6 nitrogen and oxygen atoms in total. The van der Waals surface area contributed by atoms with Crippen molar-refractivity contribution < 1.29 is 14.4 Å². The molecule has 1 N–H and O–H groups in total. The second-order valence-electron chi connectivity index (χ2n) is 7.53. The zero-order valence-electron chi connectivity index (χ0n) is 16.2. The number of anilines is 1. The average molecular weight is 412 g/mol. The summed E-state index contributed by atoms with van der Waals surface area (Å²) in [6.45, 7) is 4.29. The molecule has 1 aromatic carbocycles. The number of likely N-dealkylation sites (tertiary alicyclic amines) is 1. The number of allylic oxidation sites excluding steroid dienone is 2. The van der Waals surface area contributed by atoms with Crippen molar-refractivity contribution in [2.24, 2.45) is 0 Å². The lowest BCUT2D eigenvalue weighted by molar-refractivity contribution is -0.141. The van der Waals surface area contributed by atoms with Gasteiger partial charge in [-0.1, -0.05) is 36.4 Å². The first-order valence-corrected chi connectivity index (χ1v) is 9.94. The fourth-order valence-corrected chi connectivity index (χ4v) is 4.39. The summed E-state index contributed by atoms with van der Waals surface area (Å²) in [7, 11) is 1.72. The van der Waals surface area contributed by atoms with Crippen LogP contribution in [0.5, 0.6) is 0 Å². The minimum absolute atomic E-state index is 0.183. The van der Waals surface area contributed by atoms with Crippen molar-refractivity contribution in [3.05, 3.63) is 64.9 Å². The van der Waals surface area contributed by atoms with Gasteiger partial charge in [0.05, 0.1) is 19.5 Å². The number of carbonyl (C=O) groups excluding carboxylic acids is 3. The molecule has 1 aliphatic carbocycles. The van der Waals surface area contributed by atoms with Gasteiger partial charge in [0.25, 0.3) is 0 Å². The van der Waals surface area contributed by atoms with E-state index in [4.69, 9.17) is 11.6 Å². The number of likely N-dealkylation sites (N-methyl/N-ethyl adjacent to an activating group) is 1. The molecular weight excluding hydrogens is 390 g/mol. The summed E-state index contributed by atoms with van der Waals surface area (Å²) in [4.78, 5) is 42.6. The van der Waals surface area contributed by atoms with Crippen LogP contribution in [-0.4, -0.2) is 42.8 Å². The number of carbonyl (C=O) groups is 3. The van der Waals surface area contributed by atoms with Crippen molar-refractivity contribution in [3.63, 3.8) is 0 Å². The van der Waals surface area contributed by atoms with Crippen molar-refractivity contribution in [2.75, 3.05) is 25.0 Å². The molecule has 1 fully saturated rings. The van der Waals surface area contributed by atoms with Crippen LogP contribution in [0.4, 0.5) is 5.69 Å². The third kappa shape index (κ3) is 2.99. The standard InChI is InChI=1S/C22H22ClN3O3/c1-14(24-2)12-25-18-9-8-16(23)10-17(18)22(20(25)28)11-19(27)26(21(22)29)13-15-6-4-3-5-7-15/h4,6-10,24H,1,3,5,11-13H2,2H3. The van der Waals surface area contributed by atoms with Gasteiger partial charge in [0.15, 0.2) is 5.41 Å². The molecule has 1 aromatic rings. The maximum absolute atomic E-state index is 13.5. The van der Waals surface area contributed by atoms with Crippen molar-refractivity contribution in [3.8, 4) is 0 Å². The van der Waals surface area contributed by atoms with E-state index in [-0.39, 0.29) is 25.4 Å². The Kier molecular flexibility index (Phi) is 4.82. The molecule has 0 bridgehead atoms. The highest BCUT2D eigenvalue weighted by Crippen LogP contribution is 2.49. The monoisotopic (exact) mass is 411 g/mol. The number of hydrogen-bond acceptors (Lipinski definition) is 4. The SMILES string of the molecule is C=C(CN1C(=O)C2(CC(=O)N(CC3=CCCC=C3)C2=O)c2cc(Cl)ccc21)NC. The Bertz CT molecular complexity index is 997. The Morgan fingerprint density at radius 1 is 1.21 bits per heavy atom. The Hall–Kier alpha value is -2.86. The maximum Gasteiger partial charge on any atom is 0.250 e. The van der Waals surface area contributed by atoms with E-state index in [9.17, 15) is 14.4 Å². The first-order chi connectivity index (χ1) is 13.9. The number of nitrogens with one attached hydrogen (secondary N) is 1. The molecule has 4 rings (SSSR count). The Labute approximate surface area is 174 Å². The summed E-state index contributed by atoms with van der Waals surface area (Å²) >= 11 is 6.20. The van der Waals surface area contributed by atoms with E-state index in [0.717, 1.165) is 18.4 Å². The molecule has 3 amide bonds. The van der Waals surface area contributed by atoms with Crippen molar-refractivity contribution in [2.45, 2.75) is 24.7 Å². The second kappa shape index (κ2) is 7.19. The molecule has 0 saturated carbocycles. The van der Waals surface area contributed by atoms with Gasteiger partial charge in [0.2, 0.25) is 17.7 Å². The second-order valence-corrected chi connectivity index (χ2v) is 7.97. The molecule has 0 radical (unpaired) electrons. The molecule has 150 valence electrons. The van der Waals surface area contributed by atoms with Crippen LogP contribution < -0.4 is 10.2 Å². The van der Waals surface area contributed by atoms with Crippen LogP contribution in [0.25, 0.3) is 0 Å². The maximum atomic E-state index is 13.5. The quantitative estimate of drug-likeness (QED) is 0.597. The molecule has 2 aliphatic heterocycles. The largest absolute Gasteiger partial charge is 0.390 e. The summed E-state index contributed by atoms with van der Waals surface area (Å²) in [6.07, 6.45) is 7.62. The number of benzene rings is 1. The molecule has 3 aliphatic rings. The van der Waals surface area contributed by atoms with E-state index in [2.05, 4.69) is 11.9 Å². The molecular formula is C22H22ClN3O3. The fourth-order valence-electron chi connectivity index (χ4n) is 4.21. The van der Waals surface area contributed by atoms with Gasteiger partial charge in [-0.25, -0.2) is 0 Å². The van der Waals surface area contributed by atoms with E-state index in [1.807, 2.05) is 18.2 Å². The van der Waals surface area contributed by atoms with E-state index in [1.165, 1.54) is 9.80 Å². The number of halogens is 1. The highest BCUT2D eigenvalue weighted by Gasteiger charge is 2.63. The number of rotatable bonds is 5. The zero-order valence-corrected chi connectivity index (χ0v) is 17.0. The predicted octanol–water partition coefficient (Wildman–Crippen LogP) is 2.69. The fraction of sp³-hybridized carbons (Fsp3) is 0.318. The summed E-state index contributed by atoms with van der Waals surface area (Å²) in [6, 6.07) is 5.03. The minimum atomic E-state index is -1.55. The third-order valence-corrected chi connectivity index (χ3v) is 6.00. The minimum Gasteiger partial charge on any atom is -0.390 e. The van der Waals surface area contributed by atoms with Crippen LogP contribution in [-0.2, 0) is 19.8 Å². The number of imide groups is 1. The molecule has 0 aromatic heterocycles. The lowest BCUT2D eigenvalue weighted by Crippen LogP contribution is -2.47. The number of hydrogen-bond donors (Lipinski definition) is 1. The highest BCUT2D eigenvalue weighted by atomic mass is 35.5. The lowest BCUT2D eigenvalue weighted by atomic mass is 9.80. The van der Waals surface area contributed by atoms with Gasteiger partial charge in [-0.3, -0.25) is 19.3 Å². The van der Waals surface area contributed by atoms with Gasteiger partial charge in [-0.2, -0.15) is 0 Å². The van der Waals surface area contributed by atoms with Crippen LogP contribution in [0.15, 0.2) is 54.3 Å². The van der Waals surface area contributed by atoms with Crippen molar-refractivity contribution >= 4 is 35.0 Å². The Morgan fingerprint density at radius 2 is 1.97 bits per heavy atom. The van der Waals surface area contributed by atoms with E-state index < -0.39 is 17.2 Å². The van der Waals surface area contributed by atoms with Crippen LogP contribution in [0.1, 0.15) is 24.8 Å². The van der Waals surface area contributed by atoms with Gasteiger partial charge < -0.3 is 10.2 Å². The highest BCUT2D eigenvalue weighted by molar-refractivity contribution is 6.32. The first-order valence-electron chi connectivity index (χ1n) is 9.56. The molecule has 1 saturated heterocycles. The number of fused-ring (bicyclic) bond motifs is 2. The van der Waals surface area contributed by atoms with Gasteiger partial charge in [-0.05, 0) is 36.6 Å². The van der Waals surface area contributed by atoms with E-state index in [1.54, 1.807) is 25.2 Å². The zero-order chi connectivity index (χ0) is 20.8. The van der Waals surface area contributed by atoms with E-state index >= 15 is 0 Å². The Balaban J connectivity index is 1.75. The van der Waals surface area contributed by atoms with Gasteiger partial charge in [0.1, 0.15) is 0 Å². The molecule has 7 heteroatoms. The van der Waals surface area contributed by atoms with Gasteiger partial charge in [-0.15, -0.1) is 0 Å². The lowest BCUT2D eigenvalue weighted by Gasteiger charge is -2.23. The van der Waals surface area contributed by atoms with Crippen LogP contribution >= 0.6 is 11.6 Å². The molecule has 1 spiro atoms. The average Bonchev–Trinajstić information content (AvgIpc) is 3.09. The van der Waals surface area contributed by atoms with Crippen LogP contribution in [0.2, 0.25) is 5.02 Å². The number of nitrogens with zero attached hydrogens (tertiary/aromatic N) is 2. The van der Waals surface area contributed by atoms with Gasteiger partial charge in [0, 0.05) is 29.0 Å². The molecule has 1 atom stereocenters. The smallest absolute Gasteiger partial charge is 0.250 e. The molecule has 1 unspecified atom stereocenters. The van der Waals surface area contributed by atoms with Gasteiger partial charge >= 0.3 is 0 Å². The summed E-state index contributed by atoms with van der Waals surface area (Å²) in [5, 5.41) is 3.34. The summed E-state index contributed by atoms with van der Waals surface area (Å²) in [5.41, 5.74) is 1.07. The number of amides is 3. The van der Waals surface area contributed by atoms with Crippen molar-refractivity contribution in [1.82, 2.24) is 10.2 Å². The first kappa shape index (κ1) is 19.5. The molecule has 2 heterocycles. The van der Waals surface area contributed by atoms with Crippen LogP contribution in [0.3, 0.4) is 0 Å². The van der Waals surface area contributed by atoms with Crippen LogP contribution in [0, 0.1) is 0 Å². The van der Waals surface area contributed by atoms with E-state index in [0.29, 0.717) is 22.0 Å². The molecule has 29 heavy (non-hydrogen) atoms. The predicted molar refractivity (Wildman–Crippen MR) is 111 cm³/mol. The normalized spacial score (nSPS) is 23.1. The summed E-state index contributed by atoms with van der Waals surface area (Å²) in [5.74, 6) is -1.22. The third-order valence-electron chi connectivity index (χ3n) is 5.76.